The molecule has 4 N–H and O–H groups in total. The van der Waals surface area contributed by atoms with Crippen LogP contribution in [0.2, 0.25) is 5.02 Å². The number of nitrogens with zero attached hydrogens (tertiary/aromatic N) is 5. The molecule has 39 heavy (non-hydrogen) atoms. The van der Waals surface area contributed by atoms with Gasteiger partial charge in [-0.2, -0.15) is 4.98 Å². The van der Waals surface area contributed by atoms with Gasteiger partial charge in [-0.3, -0.25) is 9.36 Å². The lowest BCUT2D eigenvalue weighted by atomic mass is 9.85. The predicted molar refractivity (Wildman–Crippen MR) is 143 cm³/mol. The highest BCUT2D eigenvalue weighted by Crippen LogP contribution is 2.38. The summed E-state index contributed by atoms with van der Waals surface area (Å²) in [5, 5.41) is 5.92. The van der Waals surface area contributed by atoms with E-state index >= 15 is 0 Å². The first-order chi connectivity index (χ1) is 18.5. The molecule has 0 unspecified atom stereocenters. The van der Waals surface area contributed by atoms with E-state index in [1.165, 1.54) is 16.8 Å². The fourth-order valence-corrected chi connectivity index (χ4v) is 6.43. The molecule has 1 saturated heterocycles. The number of nitrogens with two attached hydrogens (primary N) is 1. The van der Waals surface area contributed by atoms with Gasteiger partial charge in [-0.25, -0.2) is 31.5 Å². The van der Waals surface area contributed by atoms with Crippen molar-refractivity contribution in [3.63, 3.8) is 0 Å². The number of fused-ring (bicyclic) bond motifs is 1. The molecule has 2 aliphatic rings. The minimum Gasteiger partial charge on any atom is -0.369 e. The Bertz CT molecular complexity index is 1490. The second-order valence-corrected chi connectivity index (χ2v) is 12.5. The topological polar surface area (TPSA) is 148 Å². The summed E-state index contributed by atoms with van der Waals surface area (Å²) in [4.78, 5) is 25.3. The lowest BCUT2D eigenvalue weighted by Crippen LogP contribution is -2.44. The van der Waals surface area contributed by atoms with Gasteiger partial charge in [-0.15, -0.1) is 0 Å². The SMILES string of the molecule is CS(=O)(=O)N1CCC[C@@H](Nc2ncc3nc(Nc4c(F)cc(Cl)cc4F)n(C4CCC(C(N)=O)CC4)c3n2)C1. The maximum absolute atomic E-state index is 14.6. The minimum atomic E-state index is -3.33. The van der Waals surface area contributed by atoms with Crippen LogP contribution in [0, 0.1) is 17.6 Å². The van der Waals surface area contributed by atoms with Crippen molar-refractivity contribution in [2.24, 2.45) is 11.7 Å². The normalized spacial score (nSPS) is 22.6. The molecule has 5 rings (SSSR count). The third-order valence-electron chi connectivity index (χ3n) is 7.33. The Morgan fingerprint density at radius 2 is 1.82 bits per heavy atom. The molecule has 3 aromatic rings. The Hall–Kier alpha value is -3.10. The zero-order chi connectivity index (χ0) is 27.9. The van der Waals surface area contributed by atoms with E-state index in [4.69, 9.17) is 17.3 Å². The second kappa shape index (κ2) is 10.8. The molecular weight excluding hydrogens is 554 g/mol. The summed E-state index contributed by atoms with van der Waals surface area (Å²) in [6.45, 7) is 0.753. The number of carbonyl (C=O) groups is 1. The smallest absolute Gasteiger partial charge is 0.225 e. The third-order valence-corrected chi connectivity index (χ3v) is 8.81. The van der Waals surface area contributed by atoms with Gasteiger partial charge in [0.15, 0.2) is 17.3 Å². The number of sulfonamides is 1. The van der Waals surface area contributed by atoms with Crippen molar-refractivity contribution in [3.05, 3.63) is 35.0 Å². The van der Waals surface area contributed by atoms with E-state index in [0.29, 0.717) is 56.4 Å². The molecule has 1 aliphatic carbocycles. The molecule has 2 fully saturated rings. The monoisotopic (exact) mass is 582 g/mol. The molecule has 0 spiro atoms. The van der Waals surface area contributed by atoms with Gasteiger partial charge in [0.2, 0.25) is 27.8 Å². The Labute approximate surface area is 229 Å². The Morgan fingerprint density at radius 3 is 2.46 bits per heavy atom. The summed E-state index contributed by atoms with van der Waals surface area (Å²) in [5.74, 6) is -1.90. The number of aromatic nitrogens is 4. The molecule has 1 saturated carbocycles. The molecule has 3 heterocycles. The number of hydrogen-bond donors (Lipinski definition) is 3. The maximum atomic E-state index is 14.6. The third kappa shape index (κ3) is 5.92. The van der Waals surface area contributed by atoms with Crippen LogP contribution in [0.1, 0.15) is 44.6 Å². The first-order valence-electron chi connectivity index (χ1n) is 12.7. The van der Waals surface area contributed by atoms with Crippen LogP contribution in [0.25, 0.3) is 11.2 Å². The van der Waals surface area contributed by atoms with E-state index < -0.39 is 27.3 Å². The van der Waals surface area contributed by atoms with Crippen molar-refractivity contribution >= 4 is 56.3 Å². The first-order valence-corrected chi connectivity index (χ1v) is 14.9. The summed E-state index contributed by atoms with van der Waals surface area (Å²) in [6, 6.07) is 1.64. The Balaban J connectivity index is 1.50. The van der Waals surface area contributed by atoms with Crippen molar-refractivity contribution in [2.75, 3.05) is 30.0 Å². The number of rotatable bonds is 7. The van der Waals surface area contributed by atoms with E-state index in [2.05, 4.69) is 25.6 Å². The average molecular weight is 583 g/mol. The number of anilines is 3. The fraction of sp³-hybridized carbons (Fsp3) is 0.500. The maximum Gasteiger partial charge on any atom is 0.225 e. The van der Waals surface area contributed by atoms with E-state index in [0.717, 1.165) is 18.6 Å². The van der Waals surface area contributed by atoms with Crippen molar-refractivity contribution in [3.8, 4) is 0 Å². The highest BCUT2D eigenvalue weighted by Gasteiger charge is 2.30. The highest BCUT2D eigenvalue weighted by atomic mass is 35.5. The molecule has 11 nitrogen and oxygen atoms in total. The van der Waals surface area contributed by atoms with Gasteiger partial charge >= 0.3 is 0 Å². The van der Waals surface area contributed by atoms with Gasteiger partial charge < -0.3 is 16.4 Å². The van der Waals surface area contributed by atoms with Gasteiger partial charge in [0, 0.05) is 36.1 Å². The van der Waals surface area contributed by atoms with Gasteiger partial charge in [-0.05, 0) is 50.7 Å². The van der Waals surface area contributed by atoms with Crippen LogP contribution in [0.3, 0.4) is 0 Å². The molecule has 1 amide bonds. The van der Waals surface area contributed by atoms with Crippen molar-refractivity contribution in [1.29, 1.82) is 0 Å². The largest absolute Gasteiger partial charge is 0.369 e. The fourth-order valence-electron chi connectivity index (χ4n) is 5.33. The molecule has 1 atom stereocenters. The lowest BCUT2D eigenvalue weighted by Gasteiger charge is -2.31. The molecule has 210 valence electrons. The van der Waals surface area contributed by atoms with Crippen LogP contribution in [0.5, 0.6) is 0 Å². The van der Waals surface area contributed by atoms with E-state index in [1.807, 2.05) is 0 Å². The molecule has 1 aliphatic heterocycles. The number of imidazole rings is 1. The average Bonchev–Trinajstić information content (AvgIpc) is 3.23. The van der Waals surface area contributed by atoms with Crippen LogP contribution in [-0.4, -0.2) is 63.5 Å². The predicted octanol–water partition coefficient (Wildman–Crippen LogP) is 3.55. The molecule has 0 bridgehead atoms. The molecule has 1 aromatic carbocycles. The molecular formula is C24H29ClF2N8O3S. The number of amides is 1. The molecule has 15 heteroatoms. The Kier molecular flexibility index (Phi) is 7.62. The number of benzene rings is 1. The zero-order valence-electron chi connectivity index (χ0n) is 21.2. The van der Waals surface area contributed by atoms with E-state index in [-0.39, 0.29) is 40.8 Å². The van der Waals surface area contributed by atoms with Gasteiger partial charge in [0.05, 0.1) is 12.5 Å². The van der Waals surface area contributed by atoms with Crippen LogP contribution in [0.15, 0.2) is 18.3 Å². The van der Waals surface area contributed by atoms with Crippen molar-refractivity contribution in [2.45, 2.75) is 50.6 Å². The van der Waals surface area contributed by atoms with Gasteiger partial charge in [-0.1, -0.05) is 11.6 Å². The quantitative estimate of drug-likeness (QED) is 0.383. The summed E-state index contributed by atoms with van der Waals surface area (Å²) in [6.07, 6.45) is 6.41. The second-order valence-electron chi connectivity index (χ2n) is 10.1. The standard InChI is InChI=1S/C24H29ClF2N8O3S/c1-39(37,38)34-8-2-3-15(12-34)30-23-29-11-19-22(33-23)35(16-6-4-13(5-7-16)21(28)36)24(31-19)32-20-17(26)9-14(25)10-18(20)27/h9-11,13,15-16H,2-8,12H2,1H3,(H2,28,36)(H,31,32)(H,29,30,33)/t13?,15-,16?/m1/s1. The lowest BCUT2D eigenvalue weighted by molar-refractivity contribution is -0.122. The summed E-state index contributed by atoms with van der Waals surface area (Å²) in [5.41, 5.74) is 5.94. The highest BCUT2D eigenvalue weighted by molar-refractivity contribution is 7.88. The molecule has 2 aromatic heterocycles. The number of halogens is 3. The van der Waals surface area contributed by atoms with Gasteiger partial charge in [0.25, 0.3) is 0 Å². The molecule has 0 radical (unpaired) electrons. The number of nitrogens with one attached hydrogen (secondary N) is 2. The van der Waals surface area contributed by atoms with Crippen molar-refractivity contribution in [1.82, 2.24) is 23.8 Å². The van der Waals surface area contributed by atoms with E-state index in [9.17, 15) is 22.0 Å². The number of hydrogen-bond acceptors (Lipinski definition) is 8. The summed E-state index contributed by atoms with van der Waals surface area (Å²) < 4.78 is 56.5. The Morgan fingerprint density at radius 1 is 1.13 bits per heavy atom. The summed E-state index contributed by atoms with van der Waals surface area (Å²) in [7, 11) is -3.33. The van der Waals surface area contributed by atoms with Crippen LogP contribution in [-0.2, 0) is 14.8 Å². The van der Waals surface area contributed by atoms with Crippen LogP contribution >= 0.6 is 11.6 Å². The zero-order valence-corrected chi connectivity index (χ0v) is 22.8. The minimum absolute atomic E-state index is 0.0763. The van der Waals surface area contributed by atoms with Crippen molar-refractivity contribution < 1.29 is 22.0 Å². The first kappa shape index (κ1) is 27.5. The number of piperidine rings is 1. The number of primary amides is 1. The van der Waals surface area contributed by atoms with E-state index in [1.54, 1.807) is 4.57 Å². The summed E-state index contributed by atoms with van der Waals surface area (Å²) >= 11 is 5.79. The number of carbonyl (C=O) groups excluding carboxylic acids is 1. The van der Waals surface area contributed by atoms with Crippen LogP contribution in [0.4, 0.5) is 26.4 Å². The van der Waals surface area contributed by atoms with Gasteiger partial charge in [0.1, 0.15) is 11.2 Å². The van der Waals surface area contributed by atoms with Crippen LogP contribution < -0.4 is 16.4 Å².